The molecule has 0 unspecified atom stereocenters. The highest BCUT2D eigenvalue weighted by atomic mass is 127. The van der Waals surface area contributed by atoms with E-state index in [4.69, 9.17) is 4.74 Å². The smallest absolute Gasteiger partial charge is 0.191 e. The molecule has 10 heavy (non-hydrogen) atoms. The van der Waals surface area contributed by atoms with Crippen LogP contribution in [0.15, 0.2) is 0 Å². The largest absolute Gasteiger partial charge is 0.384 e. The third kappa shape index (κ3) is 6.82. The summed E-state index contributed by atoms with van der Waals surface area (Å²) < 4.78 is 5.79. The number of rotatable bonds is 5. The SMILES string of the molecule is COCCC(=O)SCCI. The van der Waals surface area contributed by atoms with Crippen LogP contribution in [0.3, 0.4) is 0 Å². The predicted molar refractivity (Wildman–Crippen MR) is 52.8 cm³/mol. The first-order valence-corrected chi connectivity index (χ1v) is 5.53. The summed E-state index contributed by atoms with van der Waals surface area (Å²) in [5, 5.41) is 0.235. The van der Waals surface area contributed by atoms with Crippen LogP contribution in [0.1, 0.15) is 6.42 Å². The highest BCUT2D eigenvalue weighted by Gasteiger charge is 1.99. The first-order chi connectivity index (χ1) is 4.81. The molecule has 0 atom stereocenters. The van der Waals surface area contributed by atoms with Gasteiger partial charge in [-0.25, -0.2) is 0 Å². The number of hydrogen-bond acceptors (Lipinski definition) is 3. The standard InChI is InChI=1S/C6H11IO2S/c1-9-4-2-6(8)10-5-3-7/h2-5H2,1H3. The van der Waals surface area contributed by atoms with E-state index in [9.17, 15) is 4.79 Å². The molecule has 0 amide bonds. The van der Waals surface area contributed by atoms with Gasteiger partial charge < -0.3 is 4.74 Å². The van der Waals surface area contributed by atoms with Gasteiger partial charge in [-0.3, -0.25) is 4.79 Å². The second-order valence-corrected chi connectivity index (χ2v) is 3.88. The van der Waals surface area contributed by atoms with Gasteiger partial charge in [-0.15, -0.1) is 0 Å². The van der Waals surface area contributed by atoms with Gasteiger partial charge in [-0.1, -0.05) is 34.4 Å². The summed E-state index contributed by atoms with van der Waals surface area (Å²) in [6.45, 7) is 0.549. The first-order valence-electron chi connectivity index (χ1n) is 3.01. The van der Waals surface area contributed by atoms with Gasteiger partial charge in [0.2, 0.25) is 0 Å². The summed E-state index contributed by atoms with van der Waals surface area (Å²) in [5.74, 6) is 0.920. The van der Waals surface area contributed by atoms with Crippen molar-refractivity contribution in [3.8, 4) is 0 Å². The minimum atomic E-state index is 0.235. The molecule has 0 aliphatic rings. The Hall–Kier alpha value is 0.710. The van der Waals surface area contributed by atoms with Crippen LogP contribution in [0.5, 0.6) is 0 Å². The first kappa shape index (κ1) is 10.7. The molecule has 0 rings (SSSR count). The molecular formula is C6H11IO2S. The van der Waals surface area contributed by atoms with Crippen LogP contribution in [-0.4, -0.2) is 29.0 Å². The lowest BCUT2D eigenvalue weighted by Gasteiger charge is -1.96. The number of ether oxygens (including phenoxy) is 1. The highest BCUT2D eigenvalue weighted by Crippen LogP contribution is 2.05. The molecule has 0 radical (unpaired) electrons. The Morgan fingerprint density at radius 2 is 2.40 bits per heavy atom. The monoisotopic (exact) mass is 274 g/mol. The highest BCUT2D eigenvalue weighted by molar-refractivity contribution is 14.1. The molecule has 0 aliphatic heterocycles. The van der Waals surface area contributed by atoms with Gasteiger partial charge in [0.1, 0.15) is 0 Å². The Morgan fingerprint density at radius 3 is 2.90 bits per heavy atom. The minimum absolute atomic E-state index is 0.235. The zero-order valence-corrected chi connectivity index (χ0v) is 8.91. The number of carbonyl (C=O) groups excluding carboxylic acids is 1. The van der Waals surface area contributed by atoms with E-state index < -0.39 is 0 Å². The van der Waals surface area contributed by atoms with Crippen molar-refractivity contribution in [3.05, 3.63) is 0 Å². The Morgan fingerprint density at radius 1 is 1.70 bits per heavy atom. The second kappa shape index (κ2) is 7.81. The van der Waals surface area contributed by atoms with E-state index in [1.54, 1.807) is 7.11 Å². The maximum absolute atomic E-state index is 10.8. The molecule has 0 aromatic heterocycles. The number of carbonyl (C=O) groups is 1. The topological polar surface area (TPSA) is 26.3 Å². The van der Waals surface area contributed by atoms with Crippen LogP contribution in [0.25, 0.3) is 0 Å². The van der Waals surface area contributed by atoms with E-state index in [-0.39, 0.29) is 5.12 Å². The third-order valence-electron chi connectivity index (χ3n) is 0.851. The van der Waals surface area contributed by atoms with Crippen molar-refractivity contribution in [2.45, 2.75) is 6.42 Å². The number of halogens is 1. The van der Waals surface area contributed by atoms with Crippen LogP contribution < -0.4 is 0 Å². The quantitative estimate of drug-likeness (QED) is 0.564. The van der Waals surface area contributed by atoms with Crippen LogP contribution >= 0.6 is 34.4 Å². The fourth-order valence-electron chi connectivity index (χ4n) is 0.410. The maximum atomic E-state index is 10.8. The van der Waals surface area contributed by atoms with Gasteiger partial charge >= 0.3 is 0 Å². The van der Waals surface area contributed by atoms with E-state index >= 15 is 0 Å². The number of hydrogen-bond donors (Lipinski definition) is 0. The average molecular weight is 274 g/mol. The average Bonchev–Trinajstić information content (AvgIpc) is 1.97. The predicted octanol–water partition coefficient (Wildman–Crippen LogP) is 1.72. The molecule has 60 valence electrons. The molecule has 0 fully saturated rings. The van der Waals surface area contributed by atoms with E-state index in [2.05, 4.69) is 22.6 Å². The van der Waals surface area contributed by atoms with Gasteiger partial charge in [-0.2, -0.15) is 0 Å². The summed E-state index contributed by atoms with van der Waals surface area (Å²) >= 11 is 3.64. The normalized spacial score (nSPS) is 9.80. The van der Waals surface area contributed by atoms with Crippen molar-refractivity contribution in [2.75, 3.05) is 23.9 Å². The Labute approximate surface area is 79.2 Å². The van der Waals surface area contributed by atoms with Gasteiger partial charge in [0, 0.05) is 23.7 Å². The van der Waals surface area contributed by atoms with Crippen LogP contribution in [0, 0.1) is 0 Å². The molecule has 4 heteroatoms. The van der Waals surface area contributed by atoms with E-state index in [1.165, 1.54) is 11.8 Å². The lowest BCUT2D eigenvalue weighted by Crippen LogP contribution is -1.99. The Balaban J connectivity index is 3.09. The molecule has 0 aromatic carbocycles. The number of alkyl halides is 1. The molecule has 0 spiro atoms. The lowest BCUT2D eigenvalue weighted by molar-refractivity contribution is -0.111. The summed E-state index contributed by atoms with van der Waals surface area (Å²) in [7, 11) is 1.61. The molecular weight excluding hydrogens is 263 g/mol. The molecule has 0 aliphatic carbocycles. The summed E-state index contributed by atoms with van der Waals surface area (Å²) in [5.41, 5.74) is 0. The Bertz CT molecular complexity index is 87.7. The van der Waals surface area contributed by atoms with Crippen molar-refractivity contribution in [3.63, 3.8) is 0 Å². The molecule has 0 aromatic rings. The van der Waals surface area contributed by atoms with E-state index in [0.717, 1.165) is 10.2 Å². The summed E-state index contributed by atoms with van der Waals surface area (Å²) in [4.78, 5) is 10.8. The molecule has 2 nitrogen and oxygen atoms in total. The third-order valence-corrected chi connectivity index (χ3v) is 3.06. The van der Waals surface area contributed by atoms with Gasteiger partial charge in [-0.05, 0) is 0 Å². The van der Waals surface area contributed by atoms with Crippen LogP contribution in [-0.2, 0) is 9.53 Å². The molecule has 0 saturated heterocycles. The minimum Gasteiger partial charge on any atom is -0.384 e. The van der Waals surface area contributed by atoms with E-state index in [1.807, 2.05) is 0 Å². The second-order valence-electron chi connectivity index (χ2n) is 1.65. The van der Waals surface area contributed by atoms with Crippen molar-refractivity contribution in [1.82, 2.24) is 0 Å². The maximum Gasteiger partial charge on any atom is 0.191 e. The van der Waals surface area contributed by atoms with Gasteiger partial charge in [0.05, 0.1) is 6.61 Å². The van der Waals surface area contributed by atoms with Crippen molar-refractivity contribution in [1.29, 1.82) is 0 Å². The molecule has 0 N–H and O–H groups in total. The molecule has 0 bridgehead atoms. The van der Waals surface area contributed by atoms with Gasteiger partial charge in [0.25, 0.3) is 0 Å². The van der Waals surface area contributed by atoms with Crippen LogP contribution in [0.4, 0.5) is 0 Å². The van der Waals surface area contributed by atoms with Gasteiger partial charge in [0.15, 0.2) is 5.12 Å². The van der Waals surface area contributed by atoms with Crippen molar-refractivity contribution >= 4 is 39.5 Å². The summed E-state index contributed by atoms with van der Waals surface area (Å²) in [6.07, 6.45) is 0.539. The molecule has 0 heterocycles. The van der Waals surface area contributed by atoms with Crippen molar-refractivity contribution in [2.24, 2.45) is 0 Å². The Kier molecular flexibility index (Phi) is 8.37. The van der Waals surface area contributed by atoms with Crippen LogP contribution in [0.2, 0.25) is 0 Å². The zero-order valence-electron chi connectivity index (χ0n) is 5.93. The van der Waals surface area contributed by atoms with Crippen molar-refractivity contribution < 1.29 is 9.53 Å². The number of methoxy groups -OCH3 is 1. The number of thioether (sulfide) groups is 1. The fraction of sp³-hybridized carbons (Fsp3) is 0.833. The fourth-order valence-corrected chi connectivity index (χ4v) is 1.60. The zero-order chi connectivity index (χ0) is 7.82. The van der Waals surface area contributed by atoms with E-state index in [0.29, 0.717) is 13.0 Å². The lowest BCUT2D eigenvalue weighted by atomic mass is 10.5. The summed E-state index contributed by atoms with van der Waals surface area (Å²) in [6, 6.07) is 0. The molecule has 0 saturated carbocycles.